The van der Waals surface area contributed by atoms with Gasteiger partial charge in [0.1, 0.15) is 0 Å². The van der Waals surface area contributed by atoms with Crippen LogP contribution < -0.4 is 5.32 Å². The summed E-state index contributed by atoms with van der Waals surface area (Å²) in [6.45, 7) is 4.44. The van der Waals surface area contributed by atoms with Crippen molar-refractivity contribution < 1.29 is 14.6 Å². The van der Waals surface area contributed by atoms with E-state index < -0.39 is 0 Å². The van der Waals surface area contributed by atoms with Gasteiger partial charge in [0.25, 0.3) is 0 Å². The molecule has 0 spiro atoms. The fourth-order valence-corrected chi connectivity index (χ4v) is 2.65. The van der Waals surface area contributed by atoms with Gasteiger partial charge in [0, 0.05) is 13.1 Å². The molecule has 0 bridgehead atoms. The van der Waals surface area contributed by atoms with Gasteiger partial charge in [0.05, 0.1) is 31.0 Å². The van der Waals surface area contributed by atoms with Crippen LogP contribution in [-0.2, 0) is 9.47 Å². The highest BCUT2D eigenvalue weighted by Crippen LogP contribution is 2.21. The standard InChI is InChI=1S/C13H25NO3/c1-10-7-14-8-11(17-10)9-16-13-6-4-2-3-5-12(13)15/h10-15H,2-9H2,1H3. The van der Waals surface area contributed by atoms with E-state index >= 15 is 0 Å². The average Bonchev–Trinajstić information content (AvgIpc) is 2.52. The highest BCUT2D eigenvalue weighted by molar-refractivity contribution is 4.76. The van der Waals surface area contributed by atoms with E-state index in [0.717, 1.165) is 32.4 Å². The largest absolute Gasteiger partial charge is 0.390 e. The van der Waals surface area contributed by atoms with E-state index in [0.29, 0.717) is 6.61 Å². The summed E-state index contributed by atoms with van der Waals surface area (Å²) in [4.78, 5) is 0. The minimum Gasteiger partial charge on any atom is -0.390 e. The predicted octanol–water partition coefficient (Wildman–Crippen LogP) is 1.07. The predicted molar refractivity (Wildman–Crippen MR) is 66.0 cm³/mol. The van der Waals surface area contributed by atoms with E-state index in [9.17, 15) is 5.11 Å². The van der Waals surface area contributed by atoms with Crippen LogP contribution in [0.15, 0.2) is 0 Å². The lowest BCUT2D eigenvalue weighted by molar-refractivity contribution is -0.108. The van der Waals surface area contributed by atoms with Crippen molar-refractivity contribution in [3.8, 4) is 0 Å². The number of rotatable bonds is 3. The summed E-state index contributed by atoms with van der Waals surface area (Å²) >= 11 is 0. The van der Waals surface area contributed by atoms with Crippen molar-refractivity contribution in [3.63, 3.8) is 0 Å². The van der Waals surface area contributed by atoms with Crippen molar-refractivity contribution in [2.24, 2.45) is 0 Å². The first-order valence-electron chi connectivity index (χ1n) is 6.91. The van der Waals surface area contributed by atoms with E-state index in [2.05, 4.69) is 12.2 Å². The Morgan fingerprint density at radius 3 is 2.88 bits per heavy atom. The van der Waals surface area contributed by atoms with Gasteiger partial charge in [-0.1, -0.05) is 19.3 Å². The first-order valence-corrected chi connectivity index (χ1v) is 6.91. The van der Waals surface area contributed by atoms with Gasteiger partial charge in [-0.3, -0.25) is 0 Å². The Kier molecular flexibility index (Phi) is 5.22. The first-order chi connectivity index (χ1) is 8.25. The van der Waals surface area contributed by atoms with Gasteiger partial charge >= 0.3 is 0 Å². The summed E-state index contributed by atoms with van der Waals surface area (Å²) in [5.41, 5.74) is 0. The van der Waals surface area contributed by atoms with Crippen molar-refractivity contribution in [2.75, 3.05) is 19.7 Å². The van der Waals surface area contributed by atoms with E-state index in [1.165, 1.54) is 12.8 Å². The molecular formula is C13H25NO3. The maximum absolute atomic E-state index is 9.95. The van der Waals surface area contributed by atoms with Crippen molar-refractivity contribution in [1.29, 1.82) is 0 Å². The minimum atomic E-state index is -0.286. The zero-order chi connectivity index (χ0) is 12.1. The molecule has 2 fully saturated rings. The van der Waals surface area contributed by atoms with Crippen LogP contribution in [0.4, 0.5) is 0 Å². The molecule has 2 rings (SSSR count). The van der Waals surface area contributed by atoms with Crippen LogP contribution >= 0.6 is 0 Å². The third-order valence-electron chi connectivity index (χ3n) is 3.64. The summed E-state index contributed by atoms with van der Waals surface area (Å²) in [6.07, 6.45) is 5.49. The number of hydrogen-bond acceptors (Lipinski definition) is 4. The zero-order valence-corrected chi connectivity index (χ0v) is 10.7. The molecule has 4 nitrogen and oxygen atoms in total. The number of aliphatic hydroxyl groups excluding tert-OH is 1. The van der Waals surface area contributed by atoms with Gasteiger partial charge in [-0.25, -0.2) is 0 Å². The van der Waals surface area contributed by atoms with Gasteiger partial charge in [0.15, 0.2) is 0 Å². The second-order valence-electron chi connectivity index (χ2n) is 5.30. The number of morpholine rings is 1. The van der Waals surface area contributed by atoms with E-state index in [1.54, 1.807) is 0 Å². The topological polar surface area (TPSA) is 50.7 Å². The van der Waals surface area contributed by atoms with Crippen molar-refractivity contribution in [1.82, 2.24) is 5.32 Å². The molecule has 0 radical (unpaired) electrons. The lowest BCUT2D eigenvalue weighted by Crippen LogP contribution is -2.46. The molecular weight excluding hydrogens is 218 g/mol. The molecule has 17 heavy (non-hydrogen) atoms. The quantitative estimate of drug-likeness (QED) is 0.728. The van der Waals surface area contributed by atoms with Gasteiger partial charge in [-0.2, -0.15) is 0 Å². The normalized spacial score (nSPS) is 39.9. The van der Waals surface area contributed by atoms with Crippen LogP contribution in [0.3, 0.4) is 0 Å². The van der Waals surface area contributed by atoms with Crippen LogP contribution in [0, 0.1) is 0 Å². The zero-order valence-electron chi connectivity index (χ0n) is 10.7. The second kappa shape index (κ2) is 6.69. The number of ether oxygens (including phenoxy) is 2. The summed E-state index contributed by atoms with van der Waals surface area (Å²) in [5, 5.41) is 13.3. The lowest BCUT2D eigenvalue weighted by Gasteiger charge is -2.30. The highest BCUT2D eigenvalue weighted by Gasteiger charge is 2.25. The van der Waals surface area contributed by atoms with Crippen LogP contribution in [0.25, 0.3) is 0 Å². The fraction of sp³-hybridized carbons (Fsp3) is 1.00. The maximum Gasteiger partial charge on any atom is 0.0936 e. The molecule has 1 aliphatic carbocycles. The summed E-state index contributed by atoms with van der Waals surface area (Å²) in [7, 11) is 0. The van der Waals surface area contributed by atoms with Crippen LogP contribution in [0.1, 0.15) is 39.0 Å². The second-order valence-corrected chi connectivity index (χ2v) is 5.30. The molecule has 1 heterocycles. The molecule has 1 saturated heterocycles. The van der Waals surface area contributed by atoms with Gasteiger partial charge in [-0.05, 0) is 19.8 Å². The molecule has 0 aromatic carbocycles. The molecule has 0 aromatic rings. The molecule has 4 unspecified atom stereocenters. The van der Waals surface area contributed by atoms with Crippen molar-refractivity contribution >= 4 is 0 Å². The molecule has 1 saturated carbocycles. The average molecular weight is 243 g/mol. The van der Waals surface area contributed by atoms with E-state index in [-0.39, 0.29) is 24.4 Å². The summed E-state index contributed by atoms with van der Waals surface area (Å²) in [5.74, 6) is 0. The molecule has 0 amide bonds. The van der Waals surface area contributed by atoms with Crippen molar-refractivity contribution in [3.05, 3.63) is 0 Å². The Morgan fingerprint density at radius 1 is 1.24 bits per heavy atom. The number of nitrogens with one attached hydrogen (secondary N) is 1. The minimum absolute atomic E-state index is 0.0123. The van der Waals surface area contributed by atoms with Crippen molar-refractivity contribution in [2.45, 2.75) is 63.4 Å². The smallest absolute Gasteiger partial charge is 0.0936 e. The highest BCUT2D eigenvalue weighted by atomic mass is 16.5. The number of hydrogen-bond donors (Lipinski definition) is 2. The van der Waals surface area contributed by atoms with Crippen LogP contribution in [0.5, 0.6) is 0 Å². The van der Waals surface area contributed by atoms with Gasteiger partial charge in [-0.15, -0.1) is 0 Å². The third kappa shape index (κ3) is 4.21. The van der Waals surface area contributed by atoms with Crippen LogP contribution in [0.2, 0.25) is 0 Å². The molecule has 100 valence electrons. The molecule has 4 heteroatoms. The van der Waals surface area contributed by atoms with E-state index in [4.69, 9.17) is 9.47 Å². The Balaban J connectivity index is 1.72. The summed E-state index contributed by atoms with van der Waals surface area (Å²) in [6, 6.07) is 0. The van der Waals surface area contributed by atoms with Gasteiger partial charge < -0.3 is 19.9 Å². The van der Waals surface area contributed by atoms with Gasteiger partial charge in [0.2, 0.25) is 0 Å². The Labute approximate surface area is 104 Å². The molecule has 4 atom stereocenters. The Hall–Kier alpha value is -0.160. The molecule has 2 aliphatic rings. The Bertz CT molecular complexity index is 225. The maximum atomic E-state index is 9.95. The SMILES string of the molecule is CC1CNCC(COC2CCCCCC2O)O1. The van der Waals surface area contributed by atoms with E-state index in [1.807, 2.05) is 0 Å². The monoisotopic (exact) mass is 243 g/mol. The lowest BCUT2D eigenvalue weighted by atomic mass is 10.1. The molecule has 0 aromatic heterocycles. The summed E-state index contributed by atoms with van der Waals surface area (Å²) < 4.78 is 11.6. The third-order valence-corrected chi connectivity index (χ3v) is 3.64. The number of aliphatic hydroxyl groups is 1. The van der Waals surface area contributed by atoms with Crippen LogP contribution in [-0.4, -0.2) is 49.2 Å². The molecule has 1 aliphatic heterocycles. The molecule has 2 N–H and O–H groups in total. The fourth-order valence-electron chi connectivity index (χ4n) is 2.65. The first kappa shape index (κ1) is 13.3. The Morgan fingerprint density at radius 2 is 2.06 bits per heavy atom.